The summed E-state index contributed by atoms with van der Waals surface area (Å²) in [6.07, 6.45) is 1.46. The van der Waals surface area contributed by atoms with Crippen molar-refractivity contribution in [3.63, 3.8) is 0 Å². The first-order chi connectivity index (χ1) is 10.6. The Bertz CT molecular complexity index is 642. The Hall–Kier alpha value is -2.34. The highest BCUT2D eigenvalue weighted by Gasteiger charge is 2.15. The molecule has 3 rings (SSSR count). The Morgan fingerprint density at radius 3 is 2.45 bits per heavy atom. The highest BCUT2D eigenvalue weighted by Crippen LogP contribution is 2.20. The Labute approximate surface area is 129 Å². The van der Waals surface area contributed by atoms with E-state index in [0.29, 0.717) is 5.69 Å². The molecule has 1 aromatic heterocycles. The van der Waals surface area contributed by atoms with Gasteiger partial charge in [-0.3, -0.25) is 4.79 Å². The smallest absolute Gasteiger partial charge is 0.278 e. The van der Waals surface area contributed by atoms with Crippen LogP contribution < -0.4 is 10.2 Å². The number of likely N-dealkylation sites (N-methyl/N-ethyl adjacent to an activating group) is 1. The van der Waals surface area contributed by atoms with Gasteiger partial charge in [0.2, 0.25) is 0 Å². The van der Waals surface area contributed by atoms with Gasteiger partial charge in [0.25, 0.3) is 5.91 Å². The SMILES string of the molecule is Cc1conc1C(=O)Nc1ccc(N2CCN(C)CC2)cc1. The number of aryl methyl sites for hydroxylation is 1. The zero-order chi connectivity index (χ0) is 15.5. The van der Waals surface area contributed by atoms with Gasteiger partial charge in [0.1, 0.15) is 6.26 Å². The fraction of sp³-hybridized carbons (Fsp3) is 0.375. The van der Waals surface area contributed by atoms with Crippen LogP contribution in [0.15, 0.2) is 35.1 Å². The van der Waals surface area contributed by atoms with Gasteiger partial charge in [0.15, 0.2) is 5.69 Å². The van der Waals surface area contributed by atoms with Crippen LogP contribution in [-0.4, -0.2) is 49.2 Å². The number of benzene rings is 1. The first-order valence-electron chi connectivity index (χ1n) is 7.39. The molecule has 0 spiro atoms. The molecule has 6 heteroatoms. The minimum atomic E-state index is -0.251. The van der Waals surface area contributed by atoms with Gasteiger partial charge >= 0.3 is 0 Å². The number of aromatic nitrogens is 1. The van der Waals surface area contributed by atoms with Gasteiger partial charge in [0.05, 0.1) is 0 Å². The van der Waals surface area contributed by atoms with Crippen molar-refractivity contribution in [3.8, 4) is 0 Å². The van der Waals surface area contributed by atoms with E-state index in [0.717, 1.165) is 37.4 Å². The van der Waals surface area contributed by atoms with Crippen LogP contribution in [0, 0.1) is 6.92 Å². The summed E-state index contributed by atoms with van der Waals surface area (Å²) >= 11 is 0. The first kappa shape index (κ1) is 14.6. The second kappa shape index (κ2) is 6.19. The van der Waals surface area contributed by atoms with Gasteiger partial charge in [-0.05, 0) is 38.2 Å². The molecule has 0 radical (unpaired) electrons. The van der Waals surface area contributed by atoms with Crippen LogP contribution in [0.1, 0.15) is 16.1 Å². The number of nitrogens with one attached hydrogen (secondary N) is 1. The van der Waals surface area contributed by atoms with Gasteiger partial charge in [-0.2, -0.15) is 0 Å². The lowest BCUT2D eigenvalue weighted by Gasteiger charge is -2.34. The van der Waals surface area contributed by atoms with Gasteiger partial charge in [-0.25, -0.2) is 0 Å². The van der Waals surface area contributed by atoms with Crippen molar-refractivity contribution >= 4 is 17.3 Å². The Balaban J connectivity index is 1.64. The molecule has 1 aliphatic heterocycles. The molecule has 0 saturated carbocycles. The fourth-order valence-corrected chi connectivity index (χ4v) is 2.52. The number of anilines is 2. The normalized spacial score (nSPS) is 15.8. The van der Waals surface area contributed by atoms with E-state index in [1.807, 2.05) is 24.3 Å². The quantitative estimate of drug-likeness (QED) is 0.939. The maximum Gasteiger partial charge on any atom is 0.278 e. The third kappa shape index (κ3) is 3.12. The number of carbonyl (C=O) groups is 1. The van der Waals surface area contributed by atoms with E-state index in [-0.39, 0.29) is 5.91 Å². The maximum absolute atomic E-state index is 12.1. The lowest BCUT2D eigenvalue weighted by molar-refractivity contribution is 0.101. The van der Waals surface area contributed by atoms with E-state index < -0.39 is 0 Å². The summed E-state index contributed by atoms with van der Waals surface area (Å²) in [7, 11) is 2.14. The predicted molar refractivity (Wildman–Crippen MR) is 85.3 cm³/mol. The van der Waals surface area contributed by atoms with E-state index in [1.165, 1.54) is 12.0 Å². The molecule has 1 aliphatic rings. The van der Waals surface area contributed by atoms with E-state index in [4.69, 9.17) is 4.52 Å². The van der Waals surface area contributed by atoms with Gasteiger partial charge in [-0.15, -0.1) is 0 Å². The van der Waals surface area contributed by atoms with Crippen molar-refractivity contribution in [2.24, 2.45) is 0 Å². The molecule has 22 heavy (non-hydrogen) atoms. The standard InChI is InChI=1S/C16H20N4O2/c1-12-11-22-18-15(12)16(21)17-13-3-5-14(6-4-13)20-9-7-19(2)8-10-20/h3-6,11H,7-10H2,1-2H3,(H,17,21). The highest BCUT2D eigenvalue weighted by molar-refractivity contribution is 6.03. The Kier molecular flexibility index (Phi) is 4.11. The van der Waals surface area contributed by atoms with Crippen LogP contribution >= 0.6 is 0 Å². The zero-order valence-electron chi connectivity index (χ0n) is 12.9. The molecule has 116 valence electrons. The molecule has 1 N–H and O–H groups in total. The lowest BCUT2D eigenvalue weighted by Crippen LogP contribution is -2.44. The number of piperazine rings is 1. The van der Waals surface area contributed by atoms with Gasteiger partial charge in [-0.1, -0.05) is 5.16 Å². The average Bonchev–Trinajstić information content (AvgIpc) is 2.95. The highest BCUT2D eigenvalue weighted by atomic mass is 16.5. The molecule has 0 atom stereocenters. The molecule has 6 nitrogen and oxygen atoms in total. The van der Waals surface area contributed by atoms with Crippen LogP contribution in [0.4, 0.5) is 11.4 Å². The number of carbonyl (C=O) groups excluding carboxylic acids is 1. The number of hydrogen-bond acceptors (Lipinski definition) is 5. The van der Waals surface area contributed by atoms with Gasteiger partial charge in [0, 0.05) is 43.1 Å². The molecule has 2 heterocycles. The van der Waals surface area contributed by atoms with Gasteiger partial charge < -0.3 is 19.6 Å². The molecule has 0 aliphatic carbocycles. The van der Waals surface area contributed by atoms with Crippen molar-refractivity contribution in [3.05, 3.63) is 41.8 Å². The van der Waals surface area contributed by atoms with E-state index >= 15 is 0 Å². The average molecular weight is 300 g/mol. The molecule has 1 aromatic carbocycles. The number of hydrogen-bond donors (Lipinski definition) is 1. The molecule has 2 aromatic rings. The predicted octanol–water partition coefficient (Wildman–Crippen LogP) is 1.99. The lowest BCUT2D eigenvalue weighted by atomic mass is 10.2. The second-order valence-corrected chi connectivity index (χ2v) is 5.64. The topological polar surface area (TPSA) is 61.6 Å². The van der Waals surface area contributed by atoms with E-state index in [2.05, 4.69) is 27.3 Å². The minimum absolute atomic E-state index is 0.251. The van der Waals surface area contributed by atoms with Crippen molar-refractivity contribution in [1.82, 2.24) is 10.1 Å². The number of amides is 1. The third-order valence-corrected chi connectivity index (χ3v) is 3.96. The van der Waals surface area contributed by atoms with Crippen LogP contribution in [0.3, 0.4) is 0 Å². The van der Waals surface area contributed by atoms with Crippen LogP contribution in [0.2, 0.25) is 0 Å². The molecule has 1 amide bonds. The molecular formula is C16H20N4O2. The van der Waals surface area contributed by atoms with Crippen molar-refractivity contribution in [2.45, 2.75) is 6.92 Å². The second-order valence-electron chi connectivity index (χ2n) is 5.64. The minimum Gasteiger partial charge on any atom is -0.369 e. The summed E-state index contributed by atoms with van der Waals surface area (Å²) in [5, 5.41) is 6.54. The molecule has 0 bridgehead atoms. The van der Waals surface area contributed by atoms with Crippen LogP contribution in [0.25, 0.3) is 0 Å². The summed E-state index contributed by atoms with van der Waals surface area (Å²) in [6.45, 7) is 6.00. The maximum atomic E-state index is 12.1. The van der Waals surface area contributed by atoms with E-state index in [1.54, 1.807) is 6.92 Å². The molecular weight excluding hydrogens is 280 g/mol. The summed E-state index contributed by atoms with van der Waals surface area (Å²) < 4.78 is 4.79. The van der Waals surface area contributed by atoms with Crippen LogP contribution in [0.5, 0.6) is 0 Å². The van der Waals surface area contributed by atoms with Crippen molar-refractivity contribution in [2.75, 3.05) is 43.4 Å². The zero-order valence-corrected chi connectivity index (χ0v) is 12.9. The van der Waals surface area contributed by atoms with Crippen molar-refractivity contribution in [1.29, 1.82) is 0 Å². The molecule has 0 unspecified atom stereocenters. The Morgan fingerprint density at radius 2 is 1.86 bits per heavy atom. The first-order valence-corrected chi connectivity index (χ1v) is 7.39. The van der Waals surface area contributed by atoms with Crippen molar-refractivity contribution < 1.29 is 9.32 Å². The largest absolute Gasteiger partial charge is 0.369 e. The monoisotopic (exact) mass is 300 g/mol. The third-order valence-electron chi connectivity index (χ3n) is 3.96. The molecule has 1 saturated heterocycles. The molecule has 1 fully saturated rings. The summed E-state index contributed by atoms with van der Waals surface area (Å²) in [4.78, 5) is 16.7. The fourth-order valence-electron chi connectivity index (χ4n) is 2.52. The van der Waals surface area contributed by atoms with E-state index in [9.17, 15) is 4.79 Å². The summed E-state index contributed by atoms with van der Waals surface area (Å²) in [6, 6.07) is 7.91. The summed E-state index contributed by atoms with van der Waals surface area (Å²) in [5.74, 6) is -0.251. The number of nitrogens with zero attached hydrogens (tertiary/aromatic N) is 3. The Morgan fingerprint density at radius 1 is 1.18 bits per heavy atom. The summed E-state index contributed by atoms with van der Waals surface area (Å²) in [5.41, 5.74) is 2.99. The number of rotatable bonds is 3. The van der Waals surface area contributed by atoms with Crippen LogP contribution in [-0.2, 0) is 0 Å².